The number of aliphatic hydroxyl groups is 1. The van der Waals surface area contributed by atoms with Crippen LogP contribution in [0.25, 0.3) is 0 Å². The Morgan fingerprint density at radius 1 is 1.33 bits per heavy atom. The van der Waals surface area contributed by atoms with Gasteiger partial charge in [0.1, 0.15) is 6.10 Å². The van der Waals surface area contributed by atoms with Crippen LogP contribution in [-0.4, -0.2) is 13.8 Å². The summed E-state index contributed by atoms with van der Waals surface area (Å²) in [4.78, 5) is 9.97. The minimum absolute atomic E-state index is 0.0255. The van der Waals surface area contributed by atoms with Crippen LogP contribution in [-0.2, 0) is 0 Å². The summed E-state index contributed by atoms with van der Waals surface area (Å²) in [7, 11) is 0. The molecule has 15 heavy (non-hydrogen) atoms. The van der Waals surface area contributed by atoms with Gasteiger partial charge in [0, 0.05) is 6.07 Å². The SMILES string of the molecule is O=[N+]([O-])c1ccccc1C(O)C(Cl)(Cl)Cl. The maximum absolute atomic E-state index is 10.6. The Hall–Kier alpha value is -0.550. The number of nitro benzene ring substituents is 1. The second-order valence-corrected chi connectivity index (χ2v) is 5.13. The lowest BCUT2D eigenvalue weighted by Crippen LogP contribution is -2.17. The van der Waals surface area contributed by atoms with Crippen molar-refractivity contribution < 1.29 is 10.0 Å². The van der Waals surface area contributed by atoms with Crippen LogP contribution in [0.3, 0.4) is 0 Å². The van der Waals surface area contributed by atoms with Crippen molar-refractivity contribution in [3.8, 4) is 0 Å². The summed E-state index contributed by atoms with van der Waals surface area (Å²) in [6.07, 6.45) is -1.54. The van der Waals surface area contributed by atoms with Gasteiger partial charge in [0.15, 0.2) is 0 Å². The van der Waals surface area contributed by atoms with Gasteiger partial charge in [0.25, 0.3) is 5.69 Å². The molecule has 1 aromatic carbocycles. The van der Waals surface area contributed by atoms with Gasteiger partial charge < -0.3 is 5.11 Å². The molecule has 0 saturated carbocycles. The Labute approximate surface area is 101 Å². The fraction of sp³-hybridized carbons (Fsp3) is 0.250. The van der Waals surface area contributed by atoms with Crippen LogP contribution < -0.4 is 0 Å². The van der Waals surface area contributed by atoms with E-state index in [-0.39, 0.29) is 11.3 Å². The van der Waals surface area contributed by atoms with Crippen LogP contribution in [0.1, 0.15) is 11.7 Å². The smallest absolute Gasteiger partial charge is 0.275 e. The molecule has 0 radical (unpaired) electrons. The minimum Gasteiger partial charge on any atom is -0.384 e. The lowest BCUT2D eigenvalue weighted by molar-refractivity contribution is -0.386. The molecule has 1 aromatic rings. The van der Waals surface area contributed by atoms with E-state index in [9.17, 15) is 15.2 Å². The average molecular weight is 270 g/mol. The number of para-hydroxylation sites is 1. The predicted octanol–water partition coefficient (Wildman–Crippen LogP) is 3.00. The Kier molecular flexibility index (Phi) is 3.78. The number of benzene rings is 1. The molecule has 7 heteroatoms. The van der Waals surface area contributed by atoms with Crippen molar-refractivity contribution >= 4 is 40.5 Å². The van der Waals surface area contributed by atoms with E-state index in [2.05, 4.69) is 0 Å². The molecule has 0 aliphatic heterocycles. The largest absolute Gasteiger partial charge is 0.384 e. The zero-order valence-corrected chi connectivity index (χ0v) is 9.50. The zero-order chi connectivity index (χ0) is 11.6. The molecule has 0 fully saturated rings. The first-order valence-corrected chi connectivity index (χ1v) is 4.95. The number of rotatable bonds is 2. The molecule has 0 spiro atoms. The second-order valence-electron chi connectivity index (χ2n) is 2.76. The topological polar surface area (TPSA) is 63.4 Å². The molecule has 0 heterocycles. The van der Waals surface area contributed by atoms with Crippen LogP contribution >= 0.6 is 34.8 Å². The van der Waals surface area contributed by atoms with Crippen molar-refractivity contribution in [3.05, 3.63) is 39.9 Å². The molecule has 0 amide bonds. The van der Waals surface area contributed by atoms with Crippen LogP contribution in [0, 0.1) is 10.1 Å². The number of hydrogen-bond acceptors (Lipinski definition) is 3. The molecule has 0 aromatic heterocycles. The molecule has 1 rings (SSSR count). The molecule has 0 bridgehead atoms. The number of nitrogens with zero attached hydrogens (tertiary/aromatic N) is 1. The van der Waals surface area contributed by atoms with E-state index < -0.39 is 14.8 Å². The lowest BCUT2D eigenvalue weighted by Gasteiger charge is -2.18. The van der Waals surface area contributed by atoms with Crippen molar-refractivity contribution in [2.75, 3.05) is 0 Å². The Morgan fingerprint density at radius 3 is 2.33 bits per heavy atom. The highest BCUT2D eigenvalue weighted by molar-refractivity contribution is 6.68. The van der Waals surface area contributed by atoms with Crippen molar-refractivity contribution in [2.24, 2.45) is 0 Å². The second kappa shape index (κ2) is 4.53. The van der Waals surface area contributed by atoms with Gasteiger partial charge in [0.05, 0.1) is 10.5 Å². The first-order chi connectivity index (χ1) is 6.84. The highest BCUT2D eigenvalue weighted by atomic mass is 35.6. The Morgan fingerprint density at radius 2 is 1.87 bits per heavy atom. The number of hydrogen-bond donors (Lipinski definition) is 1. The number of nitro groups is 1. The van der Waals surface area contributed by atoms with Gasteiger partial charge >= 0.3 is 0 Å². The predicted molar refractivity (Wildman–Crippen MR) is 58.3 cm³/mol. The van der Waals surface area contributed by atoms with Gasteiger partial charge in [-0.3, -0.25) is 10.1 Å². The highest BCUT2D eigenvalue weighted by Crippen LogP contribution is 2.42. The van der Waals surface area contributed by atoms with Gasteiger partial charge in [-0.1, -0.05) is 46.9 Å². The molecule has 1 unspecified atom stereocenters. The maximum Gasteiger partial charge on any atom is 0.275 e. The van der Waals surface area contributed by atoms with Crippen molar-refractivity contribution in [2.45, 2.75) is 9.90 Å². The molecule has 82 valence electrons. The normalized spacial score (nSPS) is 13.6. The molecule has 0 aliphatic carbocycles. The van der Waals surface area contributed by atoms with Crippen LogP contribution in [0.5, 0.6) is 0 Å². The summed E-state index contributed by atoms with van der Waals surface area (Å²) < 4.78 is -1.99. The van der Waals surface area contributed by atoms with Crippen LogP contribution in [0.4, 0.5) is 5.69 Å². The number of aliphatic hydroxyl groups excluding tert-OH is 1. The quantitative estimate of drug-likeness (QED) is 0.510. The van der Waals surface area contributed by atoms with Gasteiger partial charge in [-0.15, -0.1) is 0 Å². The third kappa shape index (κ3) is 2.95. The fourth-order valence-corrected chi connectivity index (χ4v) is 1.41. The lowest BCUT2D eigenvalue weighted by atomic mass is 10.1. The van der Waals surface area contributed by atoms with Crippen molar-refractivity contribution in [1.29, 1.82) is 0 Å². The Balaban J connectivity index is 3.19. The van der Waals surface area contributed by atoms with Crippen molar-refractivity contribution in [1.82, 2.24) is 0 Å². The van der Waals surface area contributed by atoms with E-state index >= 15 is 0 Å². The van der Waals surface area contributed by atoms with Gasteiger partial charge in [0.2, 0.25) is 3.79 Å². The highest BCUT2D eigenvalue weighted by Gasteiger charge is 2.36. The van der Waals surface area contributed by atoms with E-state index in [0.717, 1.165) is 0 Å². The van der Waals surface area contributed by atoms with E-state index in [1.54, 1.807) is 0 Å². The third-order valence-corrected chi connectivity index (χ3v) is 2.36. The van der Waals surface area contributed by atoms with Gasteiger partial charge in [-0.25, -0.2) is 0 Å². The molecule has 4 nitrogen and oxygen atoms in total. The monoisotopic (exact) mass is 269 g/mol. The van der Waals surface area contributed by atoms with Gasteiger partial charge in [-0.2, -0.15) is 0 Å². The van der Waals surface area contributed by atoms with Crippen molar-refractivity contribution in [3.63, 3.8) is 0 Å². The molecular weight excluding hydrogens is 264 g/mol. The van der Waals surface area contributed by atoms with E-state index in [1.165, 1.54) is 24.3 Å². The standard InChI is InChI=1S/C8H6Cl3NO3/c9-8(10,11)7(13)5-3-1-2-4-6(5)12(14)15/h1-4,7,13H. The first kappa shape index (κ1) is 12.5. The van der Waals surface area contributed by atoms with Crippen LogP contribution in [0.2, 0.25) is 0 Å². The summed E-state index contributed by atoms with van der Waals surface area (Å²) in [6, 6.07) is 5.55. The molecule has 0 aliphatic rings. The zero-order valence-electron chi connectivity index (χ0n) is 7.23. The van der Waals surface area contributed by atoms with E-state index in [0.29, 0.717) is 0 Å². The summed E-state index contributed by atoms with van der Waals surface area (Å²) in [5.74, 6) is 0. The summed E-state index contributed by atoms with van der Waals surface area (Å²) >= 11 is 16.4. The molecule has 1 atom stereocenters. The summed E-state index contributed by atoms with van der Waals surface area (Å²) in [6.45, 7) is 0. The summed E-state index contributed by atoms with van der Waals surface area (Å²) in [5, 5.41) is 20.2. The first-order valence-electron chi connectivity index (χ1n) is 3.82. The van der Waals surface area contributed by atoms with Crippen LogP contribution in [0.15, 0.2) is 24.3 Å². The Bertz CT molecular complexity index is 378. The molecule has 0 saturated heterocycles. The fourth-order valence-electron chi connectivity index (χ4n) is 1.06. The average Bonchev–Trinajstić information content (AvgIpc) is 2.15. The maximum atomic E-state index is 10.6. The molecule has 1 N–H and O–H groups in total. The van der Waals surface area contributed by atoms with E-state index in [1.807, 2.05) is 0 Å². The minimum atomic E-state index is -1.99. The number of alkyl halides is 3. The molecular formula is C8H6Cl3NO3. The third-order valence-electron chi connectivity index (χ3n) is 1.74. The van der Waals surface area contributed by atoms with E-state index in [4.69, 9.17) is 34.8 Å². The number of halogens is 3. The van der Waals surface area contributed by atoms with Gasteiger partial charge in [-0.05, 0) is 6.07 Å². The summed E-state index contributed by atoms with van der Waals surface area (Å²) in [5.41, 5.74) is -0.307.